The molecule has 0 N–H and O–H groups in total. The Bertz CT molecular complexity index is 975. The highest BCUT2D eigenvalue weighted by atomic mass is 32.2. The molecule has 7 nitrogen and oxygen atoms in total. The summed E-state index contributed by atoms with van der Waals surface area (Å²) in [7, 11) is -2.66. The largest absolute Gasteiger partial charge is 0.331 e. The van der Waals surface area contributed by atoms with Crippen molar-refractivity contribution in [2.75, 3.05) is 13.1 Å². The minimum Gasteiger partial charge on any atom is -0.331 e. The second-order valence-corrected chi connectivity index (χ2v) is 9.51. The molecule has 0 bridgehead atoms. The second kappa shape index (κ2) is 7.22. The molecule has 28 heavy (non-hydrogen) atoms. The van der Waals surface area contributed by atoms with Crippen molar-refractivity contribution < 1.29 is 17.2 Å². The predicted octanol–water partition coefficient (Wildman–Crippen LogP) is 2.77. The van der Waals surface area contributed by atoms with Crippen molar-refractivity contribution in [1.29, 1.82) is 0 Å². The first-order valence-electron chi connectivity index (χ1n) is 9.66. The van der Waals surface area contributed by atoms with Crippen molar-refractivity contribution in [3.05, 3.63) is 29.1 Å². The average molecular weight is 413 g/mol. The van der Waals surface area contributed by atoms with Gasteiger partial charge in [-0.05, 0) is 32.6 Å². The molecule has 2 aromatic rings. The van der Waals surface area contributed by atoms with E-state index in [1.807, 2.05) is 6.92 Å². The van der Waals surface area contributed by atoms with E-state index in [0.717, 1.165) is 48.2 Å². The Balaban J connectivity index is 1.54. The molecular formula is C18H25F2N5O2S. The van der Waals surface area contributed by atoms with Crippen molar-refractivity contribution in [1.82, 2.24) is 23.6 Å². The Hall–Kier alpha value is -1.81. The molecule has 154 valence electrons. The maximum absolute atomic E-state index is 13.3. The lowest BCUT2D eigenvalue weighted by atomic mass is 9.93. The maximum atomic E-state index is 13.3. The lowest BCUT2D eigenvalue weighted by Crippen LogP contribution is -2.38. The molecule has 4 heterocycles. The number of aryl methyl sites for hydroxylation is 3. The molecule has 4 rings (SSSR count). The van der Waals surface area contributed by atoms with Crippen LogP contribution in [0.25, 0.3) is 0 Å². The van der Waals surface area contributed by atoms with Gasteiger partial charge < -0.3 is 4.57 Å². The zero-order valence-electron chi connectivity index (χ0n) is 16.1. The number of alkyl halides is 2. The Kier molecular flexibility index (Phi) is 5.03. The average Bonchev–Trinajstić information content (AvgIpc) is 3.21. The predicted molar refractivity (Wildman–Crippen MR) is 98.8 cm³/mol. The molecule has 0 spiro atoms. The van der Waals surface area contributed by atoms with E-state index in [-0.39, 0.29) is 10.8 Å². The van der Waals surface area contributed by atoms with Crippen LogP contribution in [-0.4, -0.2) is 45.1 Å². The molecule has 0 amide bonds. The first-order valence-corrected chi connectivity index (χ1v) is 11.1. The van der Waals surface area contributed by atoms with Crippen LogP contribution in [0.4, 0.5) is 8.78 Å². The first kappa shape index (κ1) is 19.5. The molecule has 1 saturated heterocycles. The van der Waals surface area contributed by atoms with Crippen LogP contribution in [-0.2, 0) is 30.0 Å². The number of imidazole rings is 1. The van der Waals surface area contributed by atoms with E-state index in [2.05, 4.69) is 9.67 Å². The van der Waals surface area contributed by atoms with Gasteiger partial charge in [-0.3, -0.25) is 4.68 Å². The van der Waals surface area contributed by atoms with E-state index in [0.29, 0.717) is 25.9 Å². The molecule has 0 unspecified atom stereocenters. The van der Waals surface area contributed by atoms with Gasteiger partial charge in [-0.1, -0.05) is 0 Å². The number of hydrogen-bond donors (Lipinski definition) is 0. The SMILES string of the molecule is Cc1nc2n(c1C1CCN(S(=O)(=O)c3cnn(C)c3C(F)F)CC1)CCCC2. The normalized spacial score (nSPS) is 19.3. The monoisotopic (exact) mass is 413 g/mol. The van der Waals surface area contributed by atoms with E-state index < -0.39 is 22.1 Å². The van der Waals surface area contributed by atoms with Gasteiger partial charge in [0.15, 0.2) is 0 Å². The lowest BCUT2D eigenvalue weighted by Gasteiger charge is -2.32. The van der Waals surface area contributed by atoms with Gasteiger partial charge in [-0.2, -0.15) is 9.40 Å². The van der Waals surface area contributed by atoms with Crippen molar-refractivity contribution >= 4 is 10.0 Å². The number of nitrogens with zero attached hydrogens (tertiary/aromatic N) is 5. The fourth-order valence-electron chi connectivity index (χ4n) is 4.54. The van der Waals surface area contributed by atoms with Crippen LogP contribution >= 0.6 is 0 Å². The van der Waals surface area contributed by atoms with E-state index >= 15 is 0 Å². The van der Waals surface area contributed by atoms with Crippen LogP contribution in [0.3, 0.4) is 0 Å². The van der Waals surface area contributed by atoms with Crippen LogP contribution in [0.2, 0.25) is 0 Å². The summed E-state index contributed by atoms with van der Waals surface area (Å²) < 4.78 is 57.1. The second-order valence-electron chi connectivity index (χ2n) is 7.60. The van der Waals surface area contributed by atoms with Crippen LogP contribution in [0, 0.1) is 6.92 Å². The molecule has 0 radical (unpaired) electrons. The molecule has 0 saturated carbocycles. The fourth-order valence-corrected chi connectivity index (χ4v) is 6.17. The summed E-state index contributed by atoms with van der Waals surface area (Å²) in [5.41, 5.74) is 1.70. The summed E-state index contributed by atoms with van der Waals surface area (Å²) in [6.45, 7) is 3.61. The quantitative estimate of drug-likeness (QED) is 0.773. The van der Waals surface area contributed by atoms with Crippen molar-refractivity contribution in [2.45, 2.75) is 62.8 Å². The Morgan fingerprint density at radius 1 is 1.18 bits per heavy atom. The molecule has 0 atom stereocenters. The third kappa shape index (κ3) is 3.16. The van der Waals surface area contributed by atoms with Gasteiger partial charge in [0.05, 0.1) is 11.9 Å². The van der Waals surface area contributed by atoms with E-state index in [1.54, 1.807) is 0 Å². The van der Waals surface area contributed by atoms with E-state index in [9.17, 15) is 17.2 Å². The minimum atomic E-state index is -3.99. The van der Waals surface area contributed by atoms with Crippen molar-refractivity contribution in [3.63, 3.8) is 0 Å². The molecule has 2 aliphatic rings. The number of sulfonamides is 1. The first-order chi connectivity index (χ1) is 13.3. The number of rotatable bonds is 4. The van der Waals surface area contributed by atoms with Crippen LogP contribution in [0.1, 0.15) is 60.9 Å². The highest BCUT2D eigenvalue weighted by molar-refractivity contribution is 7.89. The summed E-state index contributed by atoms with van der Waals surface area (Å²) in [4.78, 5) is 4.32. The fraction of sp³-hybridized carbons (Fsp3) is 0.667. The zero-order chi connectivity index (χ0) is 20.1. The Morgan fingerprint density at radius 3 is 2.57 bits per heavy atom. The molecule has 2 aliphatic heterocycles. The van der Waals surface area contributed by atoms with Gasteiger partial charge in [-0.15, -0.1) is 0 Å². The van der Waals surface area contributed by atoms with Crippen molar-refractivity contribution in [3.8, 4) is 0 Å². The Morgan fingerprint density at radius 2 is 1.89 bits per heavy atom. The lowest BCUT2D eigenvalue weighted by molar-refractivity contribution is 0.137. The van der Waals surface area contributed by atoms with Crippen LogP contribution in [0.5, 0.6) is 0 Å². The minimum absolute atomic E-state index is 0.245. The molecular weight excluding hydrogens is 388 g/mol. The van der Waals surface area contributed by atoms with E-state index in [1.165, 1.54) is 17.0 Å². The third-order valence-electron chi connectivity index (χ3n) is 5.92. The molecule has 2 aromatic heterocycles. The summed E-state index contributed by atoms with van der Waals surface area (Å²) in [5, 5.41) is 3.73. The molecule has 10 heteroatoms. The smallest absolute Gasteiger partial charge is 0.281 e. The molecule has 0 aliphatic carbocycles. The maximum Gasteiger partial charge on any atom is 0.281 e. The van der Waals surface area contributed by atoms with E-state index in [4.69, 9.17) is 4.98 Å². The summed E-state index contributed by atoms with van der Waals surface area (Å²) in [6, 6.07) is 0. The van der Waals surface area contributed by atoms with Crippen molar-refractivity contribution in [2.24, 2.45) is 7.05 Å². The number of hydrogen-bond acceptors (Lipinski definition) is 4. The van der Waals surface area contributed by atoms with Gasteiger partial charge >= 0.3 is 0 Å². The van der Waals surface area contributed by atoms with Gasteiger partial charge in [0.2, 0.25) is 10.0 Å². The standard InChI is InChI=1S/C18H25F2N5O2S/c1-12-16(25-8-4-3-5-15(25)22-12)13-6-9-24(10-7-13)28(26,27)14-11-21-23(2)17(14)18(19)20/h11,13,18H,3-10H2,1-2H3. The number of halogens is 2. The van der Waals surface area contributed by atoms with Crippen LogP contribution in [0.15, 0.2) is 11.1 Å². The number of aromatic nitrogens is 4. The highest BCUT2D eigenvalue weighted by Crippen LogP contribution is 2.35. The zero-order valence-corrected chi connectivity index (χ0v) is 16.9. The summed E-state index contributed by atoms with van der Waals surface area (Å²) >= 11 is 0. The molecule has 1 fully saturated rings. The molecule has 0 aromatic carbocycles. The summed E-state index contributed by atoms with van der Waals surface area (Å²) in [5.74, 6) is 1.38. The summed E-state index contributed by atoms with van der Waals surface area (Å²) in [6.07, 6.45) is 2.75. The van der Waals surface area contributed by atoms with Gasteiger partial charge in [0.1, 0.15) is 16.4 Å². The number of piperidine rings is 1. The van der Waals surface area contributed by atoms with Gasteiger partial charge in [-0.25, -0.2) is 22.2 Å². The van der Waals surface area contributed by atoms with Gasteiger partial charge in [0.25, 0.3) is 6.43 Å². The number of fused-ring (bicyclic) bond motifs is 1. The third-order valence-corrected chi connectivity index (χ3v) is 7.83. The topological polar surface area (TPSA) is 73.0 Å². The van der Waals surface area contributed by atoms with Gasteiger partial charge in [0, 0.05) is 44.7 Å². The van der Waals surface area contributed by atoms with Crippen LogP contribution < -0.4 is 0 Å². The Labute approximate surface area is 163 Å². The highest BCUT2D eigenvalue weighted by Gasteiger charge is 2.36.